The molecule has 2 fully saturated rings. The number of amides is 2. The number of hydrogen-bond donors (Lipinski definition) is 2. The number of halogens is 1. The maximum Gasteiger partial charge on any atom is 0.317 e. The second-order valence-corrected chi connectivity index (χ2v) is 6.80. The standard InChI is InChI=1S/C18H23FN4O2/c19-16-8-13(9-20)3-4-17(16)22-6-1-2-15(11-22)21-18(25)23-7-5-14(10-23)12-24/h3-4,8,14-15,24H,1-2,5-7,10-12H2,(H,21,25). The fourth-order valence-electron chi connectivity index (χ4n) is 3.58. The fourth-order valence-corrected chi connectivity index (χ4v) is 3.58. The van der Waals surface area contributed by atoms with Gasteiger partial charge in [0.1, 0.15) is 5.82 Å². The third-order valence-electron chi connectivity index (χ3n) is 5.00. The number of benzene rings is 1. The van der Waals surface area contributed by atoms with Gasteiger partial charge in [-0.05, 0) is 37.5 Å². The zero-order valence-corrected chi connectivity index (χ0v) is 14.1. The minimum atomic E-state index is -0.406. The molecule has 0 bridgehead atoms. The molecule has 2 atom stereocenters. The van der Waals surface area contributed by atoms with Crippen LogP contribution < -0.4 is 10.2 Å². The van der Waals surface area contributed by atoms with Crippen LogP contribution in [0.4, 0.5) is 14.9 Å². The van der Waals surface area contributed by atoms with Crippen LogP contribution in [-0.4, -0.2) is 54.9 Å². The molecule has 25 heavy (non-hydrogen) atoms. The average molecular weight is 346 g/mol. The third-order valence-corrected chi connectivity index (χ3v) is 5.00. The van der Waals surface area contributed by atoms with Gasteiger partial charge in [-0.1, -0.05) is 0 Å². The second kappa shape index (κ2) is 7.70. The van der Waals surface area contributed by atoms with Gasteiger partial charge in [-0.2, -0.15) is 5.26 Å². The quantitative estimate of drug-likeness (QED) is 0.873. The van der Waals surface area contributed by atoms with E-state index in [1.54, 1.807) is 17.0 Å². The zero-order chi connectivity index (χ0) is 17.8. The zero-order valence-electron chi connectivity index (χ0n) is 14.1. The van der Waals surface area contributed by atoms with Crippen LogP contribution >= 0.6 is 0 Å². The Morgan fingerprint density at radius 3 is 2.88 bits per heavy atom. The summed E-state index contributed by atoms with van der Waals surface area (Å²) in [5.74, 6) is -0.238. The lowest BCUT2D eigenvalue weighted by Crippen LogP contribution is -2.51. The maximum atomic E-state index is 14.2. The topological polar surface area (TPSA) is 79.6 Å². The van der Waals surface area contributed by atoms with Gasteiger partial charge in [0.25, 0.3) is 0 Å². The molecule has 0 spiro atoms. The van der Waals surface area contributed by atoms with Crippen molar-refractivity contribution in [2.75, 3.05) is 37.7 Å². The van der Waals surface area contributed by atoms with Crippen LogP contribution in [0.2, 0.25) is 0 Å². The van der Waals surface area contributed by atoms with E-state index in [0.717, 1.165) is 25.8 Å². The molecule has 134 valence electrons. The molecular weight excluding hydrogens is 323 g/mol. The first kappa shape index (κ1) is 17.5. The average Bonchev–Trinajstić information content (AvgIpc) is 3.11. The molecule has 1 aromatic carbocycles. The highest BCUT2D eigenvalue weighted by Gasteiger charge is 2.29. The molecule has 2 saturated heterocycles. The Kier molecular flexibility index (Phi) is 5.39. The Hall–Kier alpha value is -2.33. The highest BCUT2D eigenvalue weighted by atomic mass is 19.1. The summed E-state index contributed by atoms with van der Waals surface area (Å²) >= 11 is 0. The number of likely N-dealkylation sites (tertiary alicyclic amines) is 1. The van der Waals surface area contributed by atoms with E-state index in [9.17, 15) is 14.3 Å². The van der Waals surface area contributed by atoms with Gasteiger partial charge < -0.3 is 20.2 Å². The molecular formula is C18H23FN4O2. The van der Waals surface area contributed by atoms with Crippen LogP contribution in [0, 0.1) is 23.1 Å². The fraction of sp³-hybridized carbons (Fsp3) is 0.556. The first-order valence-electron chi connectivity index (χ1n) is 8.71. The van der Waals surface area contributed by atoms with Gasteiger partial charge in [0.2, 0.25) is 0 Å². The molecule has 2 N–H and O–H groups in total. The van der Waals surface area contributed by atoms with Crippen LogP contribution in [0.1, 0.15) is 24.8 Å². The molecule has 2 aliphatic rings. The van der Waals surface area contributed by atoms with Gasteiger partial charge in [0.05, 0.1) is 17.3 Å². The predicted octanol–water partition coefficient (Wildman–Crippen LogP) is 1.69. The molecule has 3 rings (SSSR count). The summed E-state index contributed by atoms with van der Waals surface area (Å²) in [5.41, 5.74) is 0.773. The first-order chi connectivity index (χ1) is 12.1. The number of piperidine rings is 1. The Morgan fingerprint density at radius 1 is 1.36 bits per heavy atom. The van der Waals surface area contributed by atoms with Gasteiger partial charge in [-0.25, -0.2) is 9.18 Å². The molecule has 2 amide bonds. The van der Waals surface area contributed by atoms with Crippen LogP contribution in [0.5, 0.6) is 0 Å². The molecule has 0 aromatic heterocycles. The Balaban J connectivity index is 1.60. The number of carbonyl (C=O) groups is 1. The van der Waals surface area contributed by atoms with E-state index in [1.165, 1.54) is 6.07 Å². The van der Waals surface area contributed by atoms with Crippen molar-refractivity contribution in [1.82, 2.24) is 10.2 Å². The monoisotopic (exact) mass is 346 g/mol. The predicted molar refractivity (Wildman–Crippen MR) is 91.6 cm³/mol. The number of nitrogens with zero attached hydrogens (tertiary/aromatic N) is 3. The molecule has 2 unspecified atom stereocenters. The van der Waals surface area contributed by atoms with Crippen molar-refractivity contribution in [3.63, 3.8) is 0 Å². The lowest BCUT2D eigenvalue weighted by molar-refractivity contribution is 0.193. The lowest BCUT2D eigenvalue weighted by atomic mass is 10.0. The summed E-state index contributed by atoms with van der Waals surface area (Å²) in [6, 6.07) is 6.27. The number of anilines is 1. The summed E-state index contributed by atoms with van der Waals surface area (Å²) in [5, 5.41) is 21.1. The van der Waals surface area contributed by atoms with E-state index in [-0.39, 0.29) is 24.6 Å². The summed E-state index contributed by atoms with van der Waals surface area (Å²) in [6.07, 6.45) is 2.55. The van der Waals surface area contributed by atoms with Crippen molar-refractivity contribution in [2.45, 2.75) is 25.3 Å². The van der Waals surface area contributed by atoms with Crippen molar-refractivity contribution >= 4 is 11.7 Å². The van der Waals surface area contributed by atoms with Crippen molar-refractivity contribution in [2.24, 2.45) is 5.92 Å². The van der Waals surface area contributed by atoms with Crippen LogP contribution in [0.3, 0.4) is 0 Å². The molecule has 6 nitrogen and oxygen atoms in total. The highest BCUT2D eigenvalue weighted by molar-refractivity contribution is 5.75. The third kappa shape index (κ3) is 4.02. The van der Waals surface area contributed by atoms with Gasteiger partial charge in [-0.3, -0.25) is 0 Å². The van der Waals surface area contributed by atoms with E-state index in [4.69, 9.17) is 5.26 Å². The summed E-state index contributed by atoms with van der Waals surface area (Å²) in [4.78, 5) is 16.0. The van der Waals surface area contributed by atoms with E-state index in [1.807, 2.05) is 11.0 Å². The van der Waals surface area contributed by atoms with Crippen LogP contribution in [0.15, 0.2) is 18.2 Å². The summed E-state index contributed by atoms with van der Waals surface area (Å²) in [6.45, 7) is 2.64. The van der Waals surface area contributed by atoms with Gasteiger partial charge in [0.15, 0.2) is 0 Å². The summed E-state index contributed by atoms with van der Waals surface area (Å²) in [7, 11) is 0. The van der Waals surface area contributed by atoms with Crippen molar-refractivity contribution in [1.29, 1.82) is 5.26 Å². The number of urea groups is 1. The number of aliphatic hydroxyl groups is 1. The highest BCUT2D eigenvalue weighted by Crippen LogP contribution is 2.24. The number of hydrogen-bond acceptors (Lipinski definition) is 4. The lowest BCUT2D eigenvalue weighted by Gasteiger charge is -2.35. The van der Waals surface area contributed by atoms with Gasteiger partial charge in [0, 0.05) is 44.7 Å². The van der Waals surface area contributed by atoms with Gasteiger partial charge >= 0.3 is 6.03 Å². The largest absolute Gasteiger partial charge is 0.396 e. The van der Waals surface area contributed by atoms with Gasteiger partial charge in [-0.15, -0.1) is 0 Å². The molecule has 2 heterocycles. The van der Waals surface area contributed by atoms with Crippen molar-refractivity contribution in [3.8, 4) is 6.07 Å². The molecule has 0 aliphatic carbocycles. The molecule has 7 heteroatoms. The Labute approximate surface area is 146 Å². The number of nitriles is 1. The molecule has 1 aromatic rings. The SMILES string of the molecule is N#Cc1ccc(N2CCCC(NC(=O)N3CCC(CO)C3)C2)c(F)c1. The summed E-state index contributed by atoms with van der Waals surface area (Å²) < 4.78 is 14.2. The van der Waals surface area contributed by atoms with E-state index in [0.29, 0.717) is 30.9 Å². The molecule has 0 saturated carbocycles. The number of aliphatic hydroxyl groups excluding tert-OH is 1. The minimum absolute atomic E-state index is 0.0375. The second-order valence-electron chi connectivity index (χ2n) is 6.80. The normalized spacial score (nSPS) is 23.4. The van der Waals surface area contributed by atoms with Crippen molar-refractivity contribution < 1.29 is 14.3 Å². The number of carbonyl (C=O) groups excluding carboxylic acids is 1. The van der Waals surface area contributed by atoms with E-state index in [2.05, 4.69) is 5.32 Å². The molecule has 0 radical (unpaired) electrons. The van der Waals surface area contributed by atoms with Crippen LogP contribution in [0.25, 0.3) is 0 Å². The first-order valence-corrected chi connectivity index (χ1v) is 8.71. The Morgan fingerprint density at radius 2 is 2.20 bits per heavy atom. The minimum Gasteiger partial charge on any atom is -0.396 e. The maximum absolute atomic E-state index is 14.2. The molecule has 2 aliphatic heterocycles. The number of nitrogens with one attached hydrogen (secondary N) is 1. The van der Waals surface area contributed by atoms with E-state index < -0.39 is 5.82 Å². The number of rotatable bonds is 3. The van der Waals surface area contributed by atoms with E-state index >= 15 is 0 Å². The van der Waals surface area contributed by atoms with Crippen LogP contribution in [-0.2, 0) is 0 Å². The smallest absolute Gasteiger partial charge is 0.317 e. The van der Waals surface area contributed by atoms with Crippen molar-refractivity contribution in [3.05, 3.63) is 29.6 Å². The Bertz CT molecular complexity index is 676.